The molecule has 2 heterocycles. The zero-order chi connectivity index (χ0) is 19.1. The Labute approximate surface area is 131 Å². The number of hydrogen-bond donors (Lipinski definition) is 2. The first kappa shape index (κ1) is 9.10. The zero-order valence-electron chi connectivity index (χ0n) is 16.8. The van der Waals surface area contributed by atoms with Gasteiger partial charge in [0.2, 0.25) is 0 Å². The van der Waals surface area contributed by atoms with Gasteiger partial charge in [0, 0.05) is 27.7 Å². The van der Waals surface area contributed by atoms with Crippen LogP contribution in [-0.2, 0) is 17.6 Å². The number of rotatable bonds is 5. The number of nitrogens with zero attached hydrogens (tertiary/aromatic N) is 1. The summed E-state index contributed by atoms with van der Waals surface area (Å²) in [5, 5.41) is 3.33. The van der Waals surface area contributed by atoms with Gasteiger partial charge in [-0.3, -0.25) is 0 Å². The topological polar surface area (TPSA) is 57.4 Å². The van der Waals surface area contributed by atoms with Crippen molar-refractivity contribution in [3.63, 3.8) is 0 Å². The number of benzene rings is 1. The zero-order valence-corrected chi connectivity index (χ0v) is 11.8. The minimum absolute atomic E-state index is 0.0169. The van der Waals surface area contributed by atoms with Crippen molar-refractivity contribution in [2.75, 3.05) is 27.2 Å². The summed E-state index contributed by atoms with van der Waals surface area (Å²) in [6.45, 7) is -1.89. The van der Waals surface area contributed by atoms with E-state index in [4.69, 9.17) is 11.6 Å². The van der Waals surface area contributed by atoms with Crippen molar-refractivity contribution in [3.8, 4) is 0 Å². The lowest BCUT2D eigenvalue weighted by Crippen LogP contribution is -2.28. The third kappa shape index (κ3) is 3.19. The van der Waals surface area contributed by atoms with E-state index in [0.717, 1.165) is 22.0 Å². The summed E-state index contributed by atoms with van der Waals surface area (Å²) in [6.07, 6.45) is 0.365. The van der Waals surface area contributed by atoms with Gasteiger partial charge < -0.3 is 19.9 Å². The number of amides is 1. The molecule has 21 heavy (non-hydrogen) atoms. The van der Waals surface area contributed by atoms with Crippen molar-refractivity contribution < 1.29 is 16.4 Å². The predicted octanol–water partition coefficient (Wildman–Crippen LogP) is 1.92. The van der Waals surface area contributed by atoms with E-state index in [1.54, 1.807) is 0 Å². The normalized spacial score (nSPS) is 25.8. The van der Waals surface area contributed by atoms with Crippen LogP contribution in [0.25, 0.3) is 10.9 Å². The van der Waals surface area contributed by atoms with Gasteiger partial charge >= 0.3 is 6.09 Å². The largest absolute Gasteiger partial charge is 0.447 e. The maximum absolute atomic E-state index is 11.2. The van der Waals surface area contributed by atoms with Crippen molar-refractivity contribution in [3.05, 3.63) is 35.5 Å². The highest BCUT2D eigenvalue weighted by Crippen LogP contribution is 2.21. The lowest BCUT2D eigenvalue weighted by Gasteiger charge is -2.09. The molecule has 2 aromatic rings. The van der Waals surface area contributed by atoms with Crippen LogP contribution in [0, 0.1) is 0 Å². The van der Waals surface area contributed by atoms with E-state index in [-0.39, 0.29) is 19.2 Å². The molecule has 0 radical (unpaired) electrons. The molecule has 5 nitrogen and oxygen atoms in total. The first-order valence-electron chi connectivity index (χ1n) is 9.34. The lowest BCUT2D eigenvalue weighted by atomic mass is 10.0. The third-order valence-electron chi connectivity index (χ3n) is 3.53. The van der Waals surface area contributed by atoms with Gasteiger partial charge in [-0.15, -0.1) is 0 Å². The number of hydrogen-bond acceptors (Lipinski definition) is 3. The van der Waals surface area contributed by atoms with E-state index in [1.807, 2.05) is 18.2 Å². The van der Waals surface area contributed by atoms with Crippen LogP contribution in [0.5, 0.6) is 0 Å². The quantitative estimate of drug-likeness (QED) is 0.885. The van der Waals surface area contributed by atoms with Gasteiger partial charge in [0.25, 0.3) is 0 Å². The van der Waals surface area contributed by atoms with Gasteiger partial charge in [0.05, 0.1) is 8.76 Å². The number of aromatic amines is 1. The molecular weight excluding hydrogens is 266 g/mol. The minimum Gasteiger partial charge on any atom is -0.447 e. The van der Waals surface area contributed by atoms with Crippen LogP contribution < -0.4 is 5.32 Å². The number of cyclic esters (lactones) is 1. The second-order valence-electron chi connectivity index (χ2n) is 5.26. The molecule has 1 fully saturated rings. The molecule has 1 aromatic heterocycles. The van der Waals surface area contributed by atoms with Crippen LogP contribution >= 0.6 is 0 Å². The van der Waals surface area contributed by atoms with E-state index in [0.29, 0.717) is 13.0 Å². The fourth-order valence-corrected chi connectivity index (χ4v) is 2.46. The summed E-state index contributed by atoms with van der Waals surface area (Å²) < 4.78 is 43.5. The van der Waals surface area contributed by atoms with Gasteiger partial charge in [-0.05, 0) is 50.1 Å². The maximum atomic E-state index is 11.2. The highest BCUT2D eigenvalue weighted by molar-refractivity contribution is 5.84. The van der Waals surface area contributed by atoms with E-state index < -0.39 is 19.1 Å². The Morgan fingerprint density at radius 1 is 1.62 bits per heavy atom. The Balaban J connectivity index is 1.83. The smallest absolute Gasteiger partial charge is 0.407 e. The van der Waals surface area contributed by atoms with Crippen LogP contribution in [0.4, 0.5) is 4.79 Å². The average Bonchev–Trinajstić information content (AvgIpc) is 3.02. The van der Waals surface area contributed by atoms with Crippen LogP contribution in [-0.4, -0.2) is 49.2 Å². The summed E-state index contributed by atoms with van der Waals surface area (Å²) in [5.41, 5.74) is 2.36. The second kappa shape index (κ2) is 5.77. The van der Waals surface area contributed by atoms with Gasteiger partial charge in [0.15, 0.2) is 0 Å². The first-order valence-corrected chi connectivity index (χ1v) is 6.84. The molecule has 1 atom stereocenters. The molecule has 0 spiro atoms. The molecule has 0 saturated carbocycles. The molecule has 1 saturated heterocycles. The Morgan fingerprint density at radius 2 is 2.52 bits per heavy atom. The minimum atomic E-state index is -2.17. The fraction of sp³-hybridized carbons (Fsp3) is 0.438. The van der Waals surface area contributed by atoms with Crippen molar-refractivity contribution >= 4 is 17.0 Å². The van der Waals surface area contributed by atoms with E-state index >= 15 is 0 Å². The van der Waals surface area contributed by atoms with Crippen molar-refractivity contribution in [1.29, 1.82) is 0 Å². The number of aromatic nitrogens is 1. The summed E-state index contributed by atoms with van der Waals surface area (Å²) >= 11 is 0. The molecule has 112 valence electrons. The molecule has 1 aliphatic rings. The third-order valence-corrected chi connectivity index (χ3v) is 3.53. The number of alkyl carbamates (subject to hydrolysis) is 1. The van der Waals surface area contributed by atoms with Crippen molar-refractivity contribution in [1.82, 2.24) is 15.2 Å². The molecule has 0 aliphatic carbocycles. The Hall–Kier alpha value is -2.01. The van der Waals surface area contributed by atoms with Crippen LogP contribution in [0.1, 0.15) is 18.0 Å². The molecular formula is C16H21N3O2. The number of fused-ring (bicyclic) bond motifs is 1. The van der Waals surface area contributed by atoms with E-state index in [1.165, 1.54) is 11.9 Å². The SMILES string of the molecule is [2H]c1[nH]c2ccc(C[C@@]3([2H])COC(=O)N3)cc2c1CCN(C)C([2H])([2H])[2H]. The molecule has 1 aliphatic heterocycles. The van der Waals surface area contributed by atoms with Gasteiger partial charge in [-0.2, -0.15) is 0 Å². The molecule has 2 N–H and O–H groups in total. The lowest BCUT2D eigenvalue weighted by molar-refractivity contribution is 0.177. The maximum Gasteiger partial charge on any atom is 0.407 e. The average molecular weight is 292 g/mol. The van der Waals surface area contributed by atoms with E-state index in [2.05, 4.69) is 10.3 Å². The Bertz CT molecular complexity index is 835. The fourth-order valence-electron chi connectivity index (χ4n) is 2.46. The highest BCUT2D eigenvalue weighted by Gasteiger charge is 2.22. The van der Waals surface area contributed by atoms with Gasteiger partial charge in [-0.1, -0.05) is 6.07 Å². The van der Waals surface area contributed by atoms with Crippen molar-refractivity contribution in [2.24, 2.45) is 0 Å². The number of likely N-dealkylation sites (N-methyl/N-ethyl adjacent to an activating group) is 1. The number of carbonyl (C=O) groups is 1. The van der Waals surface area contributed by atoms with Crippen LogP contribution in [0.3, 0.4) is 0 Å². The standard InChI is InChI=1S/C16H21N3O2/c1-19(2)6-5-12-9-17-15-4-3-11(8-14(12)15)7-13-10-21-16(20)18-13/h3-4,8-9,13,17H,5-7,10H2,1-2H3,(H,18,20)/t13-/m0/s1/i1D3,9D,13D. The first-order chi connectivity index (χ1) is 12.1. The molecule has 1 aromatic carbocycles. The monoisotopic (exact) mass is 292 g/mol. The number of ether oxygens (including phenoxy) is 1. The molecule has 1 amide bonds. The Kier molecular flexibility index (Phi) is 2.50. The molecule has 0 unspecified atom stereocenters. The highest BCUT2D eigenvalue weighted by atomic mass is 16.6. The van der Waals surface area contributed by atoms with Gasteiger partial charge in [-0.25, -0.2) is 4.79 Å². The number of carbonyl (C=O) groups excluding carboxylic acids is 1. The van der Waals surface area contributed by atoms with E-state index in [9.17, 15) is 4.79 Å². The summed E-state index contributed by atoms with van der Waals surface area (Å²) in [4.78, 5) is 15.5. The predicted molar refractivity (Wildman–Crippen MR) is 82.5 cm³/mol. The summed E-state index contributed by atoms with van der Waals surface area (Å²) in [5.74, 6) is 0. The number of H-pyrrole nitrogens is 1. The van der Waals surface area contributed by atoms with Crippen molar-refractivity contribution in [2.45, 2.75) is 18.9 Å². The second-order valence-corrected chi connectivity index (χ2v) is 5.26. The molecule has 3 rings (SSSR count). The van der Waals surface area contributed by atoms with Crippen LogP contribution in [0.15, 0.2) is 24.4 Å². The summed E-state index contributed by atoms with van der Waals surface area (Å²) in [7, 11) is 1.53. The summed E-state index contributed by atoms with van der Waals surface area (Å²) in [6, 6.07) is 4.36. The van der Waals surface area contributed by atoms with Gasteiger partial charge in [0.1, 0.15) is 6.61 Å². The van der Waals surface area contributed by atoms with Crippen LogP contribution in [0.2, 0.25) is 0 Å². The number of nitrogens with one attached hydrogen (secondary N) is 2. The molecule has 5 heteroatoms. The Morgan fingerprint density at radius 3 is 3.29 bits per heavy atom. The molecule has 0 bridgehead atoms.